The molecule has 1 saturated heterocycles. The van der Waals surface area contributed by atoms with Crippen molar-refractivity contribution in [3.8, 4) is 0 Å². The highest BCUT2D eigenvalue weighted by Crippen LogP contribution is 2.35. The molecule has 1 fully saturated rings. The van der Waals surface area contributed by atoms with Gasteiger partial charge in [0.15, 0.2) is 0 Å². The lowest BCUT2D eigenvalue weighted by atomic mass is 9.73. The zero-order valence-corrected chi connectivity index (χ0v) is 13.4. The third-order valence-electron chi connectivity index (χ3n) is 4.45. The monoisotopic (exact) mass is 323 g/mol. The van der Waals surface area contributed by atoms with E-state index in [-0.39, 0.29) is 18.3 Å². The Kier molecular flexibility index (Phi) is 5.04. The van der Waals surface area contributed by atoms with Crippen molar-refractivity contribution >= 4 is 11.9 Å². The summed E-state index contributed by atoms with van der Waals surface area (Å²) in [6.07, 6.45) is 0.968. The van der Waals surface area contributed by atoms with Gasteiger partial charge in [0.05, 0.1) is 10.8 Å². The molecule has 0 atom stereocenters. The normalized spacial score (nSPS) is 17.5. The topological polar surface area (TPSA) is 75.6 Å². The molecular formula is C17H22FNO4. The summed E-state index contributed by atoms with van der Waals surface area (Å²) >= 11 is 0. The minimum Gasteiger partial charge on any atom is -0.481 e. The van der Waals surface area contributed by atoms with Crippen molar-refractivity contribution in [2.45, 2.75) is 32.1 Å². The molecule has 0 aromatic heterocycles. The van der Waals surface area contributed by atoms with Crippen LogP contribution >= 0.6 is 0 Å². The Morgan fingerprint density at radius 3 is 2.35 bits per heavy atom. The van der Waals surface area contributed by atoms with Crippen LogP contribution in [0.5, 0.6) is 0 Å². The fourth-order valence-corrected chi connectivity index (χ4v) is 2.68. The van der Waals surface area contributed by atoms with Crippen molar-refractivity contribution in [2.75, 3.05) is 19.8 Å². The van der Waals surface area contributed by atoms with Gasteiger partial charge in [0.25, 0.3) is 0 Å². The number of aliphatic carboxylic acids is 1. The molecule has 6 heteroatoms. The summed E-state index contributed by atoms with van der Waals surface area (Å²) in [5, 5.41) is 11.9. The Morgan fingerprint density at radius 2 is 1.83 bits per heavy atom. The summed E-state index contributed by atoms with van der Waals surface area (Å²) < 4.78 is 18.5. The fraction of sp³-hybridized carbons (Fsp3) is 0.529. The van der Waals surface area contributed by atoms with Gasteiger partial charge < -0.3 is 15.2 Å². The quantitative estimate of drug-likeness (QED) is 0.870. The van der Waals surface area contributed by atoms with Crippen LogP contribution in [0.2, 0.25) is 0 Å². The minimum atomic E-state index is -1.05. The minimum absolute atomic E-state index is 0.0327. The van der Waals surface area contributed by atoms with Crippen molar-refractivity contribution in [3.05, 3.63) is 35.6 Å². The number of hydrogen-bond donors (Lipinski definition) is 2. The van der Waals surface area contributed by atoms with Gasteiger partial charge in [-0.1, -0.05) is 12.1 Å². The van der Waals surface area contributed by atoms with Gasteiger partial charge in [0.2, 0.25) is 5.91 Å². The molecule has 0 unspecified atom stereocenters. The number of carbonyl (C=O) groups excluding carboxylic acids is 1. The van der Waals surface area contributed by atoms with Crippen LogP contribution in [0.4, 0.5) is 4.39 Å². The van der Waals surface area contributed by atoms with Crippen LogP contribution in [0, 0.1) is 11.2 Å². The van der Waals surface area contributed by atoms with Crippen LogP contribution in [0.3, 0.4) is 0 Å². The van der Waals surface area contributed by atoms with Crippen molar-refractivity contribution < 1.29 is 23.8 Å². The summed E-state index contributed by atoms with van der Waals surface area (Å²) in [5.41, 5.74) is -1.13. The Hall–Kier alpha value is -1.95. The number of rotatable bonds is 5. The number of carbonyl (C=O) groups is 2. The van der Waals surface area contributed by atoms with E-state index in [1.165, 1.54) is 12.1 Å². The molecular weight excluding hydrogens is 301 g/mol. The highest BCUT2D eigenvalue weighted by atomic mass is 19.1. The SMILES string of the molecule is CC(C)(CNC(=O)C1(c2ccc(F)cc2)CCOCC1)C(=O)O. The molecule has 1 aliphatic heterocycles. The van der Waals surface area contributed by atoms with Gasteiger partial charge in [-0.05, 0) is 44.4 Å². The summed E-state index contributed by atoms with van der Waals surface area (Å²) in [6, 6.07) is 5.90. The van der Waals surface area contributed by atoms with Crippen LogP contribution in [0.1, 0.15) is 32.3 Å². The lowest BCUT2D eigenvalue weighted by Crippen LogP contribution is -2.50. The van der Waals surface area contributed by atoms with Gasteiger partial charge in [0, 0.05) is 19.8 Å². The smallest absolute Gasteiger partial charge is 0.310 e. The first kappa shape index (κ1) is 17.4. The van der Waals surface area contributed by atoms with Gasteiger partial charge >= 0.3 is 5.97 Å². The molecule has 0 spiro atoms. The predicted octanol–water partition coefficient (Wildman–Crippen LogP) is 2.10. The summed E-state index contributed by atoms with van der Waals surface area (Å²) in [4.78, 5) is 24.0. The Labute approximate surface area is 134 Å². The average molecular weight is 323 g/mol. The summed E-state index contributed by atoms with van der Waals surface area (Å²) in [5.74, 6) is -1.56. The van der Waals surface area contributed by atoms with E-state index in [1.54, 1.807) is 26.0 Å². The van der Waals surface area contributed by atoms with E-state index >= 15 is 0 Å². The maximum Gasteiger partial charge on any atom is 0.310 e. The first-order valence-electron chi connectivity index (χ1n) is 7.63. The molecule has 1 aromatic rings. The molecule has 2 rings (SSSR count). The fourth-order valence-electron chi connectivity index (χ4n) is 2.68. The second-order valence-electron chi connectivity index (χ2n) is 6.57. The van der Waals surface area contributed by atoms with Crippen LogP contribution in [0.25, 0.3) is 0 Å². The average Bonchev–Trinajstić information content (AvgIpc) is 2.53. The van der Waals surface area contributed by atoms with E-state index in [4.69, 9.17) is 9.84 Å². The Morgan fingerprint density at radius 1 is 1.26 bits per heavy atom. The van der Waals surface area contributed by atoms with Gasteiger partial charge in [-0.25, -0.2) is 4.39 Å². The first-order chi connectivity index (χ1) is 10.8. The zero-order valence-electron chi connectivity index (χ0n) is 13.4. The van der Waals surface area contributed by atoms with Crippen LogP contribution < -0.4 is 5.32 Å². The third-order valence-corrected chi connectivity index (χ3v) is 4.45. The number of carboxylic acids is 1. The largest absolute Gasteiger partial charge is 0.481 e. The maximum absolute atomic E-state index is 13.2. The number of nitrogens with one attached hydrogen (secondary N) is 1. The zero-order chi connectivity index (χ0) is 17.1. The molecule has 0 saturated carbocycles. The number of halogens is 1. The number of amides is 1. The van der Waals surface area contributed by atoms with Crippen molar-refractivity contribution in [3.63, 3.8) is 0 Å². The van der Waals surface area contributed by atoms with Gasteiger partial charge in [0.1, 0.15) is 5.82 Å². The second-order valence-corrected chi connectivity index (χ2v) is 6.57. The maximum atomic E-state index is 13.2. The molecule has 126 valence electrons. The van der Waals surface area contributed by atoms with Gasteiger partial charge in [-0.2, -0.15) is 0 Å². The molecule has 0 bridgehead atoms. The molecule has 1 amide bonds. The van der Waals surface area contributed by atoms with E-state index in [0.717, 1.165) is 5.56 Å². The van der Waals surface area contributed by atoms with E-state index < -0.39 is 16.8 Å². The van der Waals surface area contributed by atoms with Crippen LogP contribution in [-0.2, 0) is 19.7 Å². The number of hydrogen-bond acceptors (Lipinski definition) is 3. The molecule has 1 heterocycles. The molecule has 5 nitrogen and oxygen atoms in total. The van der Waals surface area contributed by atoms with Crippen molar-refractivity contribution in [2.24, 2.45) is 5.41 Å². The standard InChI is InChI=1S/C17H22FNO4/c1-16(2,15(21)22)11-19-14(20)17(7-9-23-10-8-17)12-3-5-13(18)6-4-12/h3-6H,7-11H2,1-2H3,(H,19,20)(H,21,22). The third kappa shape index (κ3) is 3.69. The number of benzene rings is 1. The van der Waals surface area contributed by atoms with Crippen molar-refractivity contribution in [1.82, 2.24) is 5.32 Å². The van der Waals surface area contributed by atoms with Gasteiger partial charge in [-0.15, -0.1) is 0 Å². The predicted molar refractivity (Wildman–Crippen MR) is 82.6 cm³/mol. The second kappa shape index (κ2) is 6.66. The molecule has 0 aliphatic carbocycles. The lowest BCUT2D eigenvalue weighted by Gasteiger charge is -2.37. The molecule has 23 heavy (non-hydrogen) atoms. The molecule has 1 aromatic carbocycles. The molecule has 2 N–H and O–H groups in total. The Bertz CT molecular complexity index is 577. The number of ether oxygens (including phenoxy) is 1. The van der Waals surface area contributed by atoms with E-state index in [2.05, 4.69) is 5.32 Å². The Balaban J connectivity index is 2.22. The lowest BCUT2D eigenvalue weighted by molar-refractivity contribution is -0.147. The summed E-state index contributed by atoms with van der Waals surface area (Å²) in [7, 11) is 0. The highest BCUT2D eigenvalue weighted by molar-refractivity contribution is 5.89. The summed E-state index contributed by atoms with van der Waals surface area (Å²) in [6.45, 7) is 4.03. The van der Waals surface area contributed by atoms with Crippen LogP contribution in [-0.4, -0.2) is 36.7 Å². The van der Waals surface area contributed by atoms with E-state index in [9.17, 15) is 14.0 Å². The van der Waals surface area contributed by atoms with E-state index in [0.29, 0.717) is 26.1 Å². The highest BCUT2D eigenvalue weighted by Gasteiger charge is 2.42. The van der Waals surface area contributed by atoms with Crippen LogP contribution in [0.15, 0.2) is 24.3 Å². The number of carboxylic acid groups (broad SMARTS) is 1. The molecule has 1 aliphatic rings. The van der Waals surface area contributed by atoms with E-state index in [1.807, 2.05) is 0 Å². The van der Waals surface area contributed by atoms with Crippen molar-refractivity contribution in [1.29, 1.82) is 0 Å². The first-order valence-corrected chi connectivity index (χ1v) is 7.63. The molecule has 0 radical (unpaired) electrons. The van der Waals surface area contributed by atoms with Gasteiger partial charge in [-0.3, -0.25) is 9.59 Å².